The quantitative estimate of drug-likeness (QED) is 0.310. The Morgan fingerprint density at radius 1 is 1.07 bits per heavy atom. The summed E-state index contributed by atoms with van der Waals surface area (Å²) in [5.74, 6) is 0.972. The zero-order chi connectivity index (χ0) is 20.2. The van der Waals surface area contributed by atoms with E-state index in [1.807, 2.05) is 7.05 Å². The van der Waals surface area contributed by atoms with Gasteiger partial charge in [0, 0.05) is 50.4 Å². The lowest BCUT2D eigenvalue weighted by atomic mass is 9.55. The van der Waals surface area contributed by atoms with Crippen molar-refractivity contribution < 1.29 is 9.47 Å². The Morgan fingerprint density at radius 2 is 1.77 bits per heavy atom. The number of hydrogen-bond acceptors (Lipinski definition) is 4. The smallest absolute Gasteiger partial charge is 0.191 e. The summed E-state index contributed by atoms with van der Waals surface area (Å²) in [7, 11) is 1.91. The van der Waals surface area contributed by atoms with Crippen molar-refractivity contribution in [2.24, 2.45) is 10.4 Å². The van der Waals surface area contributed by atoms with Crippen molar-refractivity contribution in [2.75, 3.05) is 46.5 Å². The minimum atomic E-state index is 0. The highest BCUT2D eigenvalue weighted by atomic mass is 127. The van der Waals surface area contributed by atoms with Crippen LogP contribution in [0.2, 0.25) is 0 Å². The summed E-state index contributed by atoms with van der Waals surface area (Å²) in [6, 6.07) is 0.489. The lowest BCUT2D eigenvalue weighted by Gasteiger charge is -2.58. The van der Waals surface area contributed by atoms with Crippen LogP contribution in [0.3, 0.4) is 0 Å². The van der Waals surface area contributed by atoms with E-state index in [4.69, 9.17) is 9.47 Å². The fourth-order valence-electron chi connectivity index (χ4n) is 6.42. The number of guanidine groups is 1. The number of aliphatic imine (C=N–C) groups is 1. The molecule has 2 aliphatic heterocycles. The Bertz CT molecular complexity index is 555. The van der Waals surface area contributed by atoms with E-state index >= 15 is 0 Å². The molecule has 1 spiro atoms. The Morgan fingerprint density at radius 3 is 2.40 bits per heavy atom. The monoisotopic (exact) mass is 534 g/mol. The maximum atomic E-state index is 6.13. The molecule has 4 rings (SSSR count). The van der Waals surface area contributed by atoms with Gasteiger partial charge < -0.3 is 20.1 Å². The number of nitrogens with one attached hydrogen (secondary N) is 2. The highest BCUT2D eigenvalue weighted by Crippen LogP contribution is 2.53. The topological polar surface area (TPSA) is 58.1 Å². The summed E-state index contributed by atoms with van der Waals surface area (Å²) in [5, 5.41) is 7.53. The van der Waals surface area contributed by atoms with Crippen LogP contribution in [0.4, 0.5) is 0 Å². The molecule has 2 heterocycles. The molecule has 174 valence electrons. The van der Waals surface area contributed by atoms with Crippen molar-refractivity contribution in [1.29, 1.82) is 0 Å². The highest BCUT2D eigenvalue weighted by molar-refractivity contribution is 14.0. The molecule has 2 atom stereocenters. The maximum absolute atomic E-state index is 6.13. The molecule has 0 aromatic rings. The highest BCUT2D eigenvalue weighted by Gasteiger charge is 2.56. The fraction of sp³-hybridized carbons (Fsp3) is 0.957. The predicted octanol–water partition coefficient (Wildman–Crippen LogP) is 3.54. The first-order valence-electron chi connectivity index (χ1n) is 12.1. The van der Waals surface area contributed by atoms with Gasteiger partial charge in [0.15, 0.2) is 5.96 Å². The Kier molecular flexibility index (Phi) is 9.11. The molecule has 4 aliphatic rings. The molecule has 0 bridgehead atoms. The van der Waals surface area contributed by atoms with Crippen molar-refractivity contribution in [2.45, 2.75) is 88.8 Å². The van der Waals surface area contributed by atoms with Crippen LogP contribution in [0.15, 0.2) is 4.99 Å². The normalized spacial score (nSPS) is 31.1. The molecule has 2 unspecified atom stereocenters. The van der Waals surface area contributed by atoms with Crippen LogP contribution in [-0.2, 0) is 9.47 Å². The summed E-state index contributed by atoms with van der Waals surface area (Å²) < 4.78 is 11.8. The number of hydrogen-bond donors (Lipinski definition) is 2. The van der Waals surface area contributed by atoms with Crippen molar-refractivity contribution in [3.63, 3.8) is 0 Å². The summed E-state index contributed by atoms with van der Waals surface area (Å²) in [4.78, 5) is 7.32. The molecule has 30 heavy (non-hydrogen) atoms. The summed E-state index contributed by atoms with van der Waals surface area (Å²) in [5.41, 5.74) is 0.541. The number of likely N-dealkylation sites (tertiary alicyclic amines) is 1. The van der Waals surface area contributed by atoms with Crippen molar-refractivity contribution in [1.82, 2.24) is 15.5 Å². The van der Waals surface area contributed by atoms with Gasteiger partial charge in [0.1, 0.15) is 0 Å². The molecule has 0 aromatic carbocycles. The molecule has 2 aliphatic carbocycles. The van der Waals surface area contributed by atoms with Gasteiger partial charge in [0.05, 0.1) is 6.10 Å². The van der Waals surface area contributed by atoms with E-state index in [9.17, 15) is 0 Å². The van der Waals surface area contributed by atoms with Gasteiger partial charge in [0.25, 0.3) is 0 Å². The minimum absolute atomic E-state index is 0. The average molecular weight is 535 g/mol. The van der Waals surface area contributed by atoms with E-state index in [2.05, 4.69) is 27.4 Å². The van der Waals surface area contributed by atoms with Crippen molar-refractivity contribution in [3.05, 3.63) is 0 Å². The van der Waals surface area contributed by atoms with Crippen molar-refractivity contribution in [3.8, 4) is 0 Å². The maximum Gasteiger partial charge on any atom is 0.191 e. The molecular formula is C23H43IN4O2. The van der Waals surface area contributed by atoms with E-state index in [1.165, 1.54) is 58.0 Å². The van der Waals surface area contributed by atoms with Gasteiger partial charge >= 0.3 is 0 Å². The van der Waals surface area contributed by atoms with Crippen LogP contribution in [-0.4, -0.2) is 75.0 Å². The largest absolute Gasteiger partial charge is 0.381 e. The molecule has 6 nitrogen and oxygen atoms in total. The molecule has 4 fully saturated rings. The van der Waals surface area contributed by atoms with E-state index in [-0.39, 0.29) is 29.5 Å². The first-order valence-corrected chi connectivity index (χ1v) is 12.1. The third-order valence-electron chi connectivity index (χ3n) is 8.26. The third kappa shape index (κ3) is 4.94. The van der Waals surface area contributed by atoms with Gasteiger partial charge in [-0.1, -0.05) is 19.3 Å². The average Bonchev–Trinajstić information content (AvgIpc) is 3.32. The standard InChI is InChI=1S/C23H42N4O2.HI/c1-3-29-20-17-19(23(20)9-5-4-6-10-23)26-21(24-2)25-18-22(11-15-28-16-12-22)27-13-7-8-14-27;/h19-20H,3-18H2,1-2H3,(H2,24,25,26);1H. The lowest BCUT2D eigenvalue weighted by Crippen LogP contribution is -2.67. The van der Waals surface area contributed by atoms with Crippen LogP contribution in [0, 0.1) is 5.41 Å². The molecule has 2 N–H and O–H groups in total. The molecule has 2 saturated carbocycles. The van der Waals surface area contributed by atoms with Crippen LogP contribution in [0.1, 0.15) is 71.1 Å². The van der Waals surface area contributed by atoms with Gasteiger partial charge in [-0.2, -0.15) is 0 Å². The Balaban J connectivity index is 0.00000256. The van der Waals surface area contributed by atoms with E-state index < -0.39 is 0 Å². The van der Waals surface area contributed by atoms with E-state index in [0.29, 0.717) is 17.6 Å². The second-order valence-electron chi connectivity index (χ2n) is 9.63. The minimum Gasteiger partial charge on any atom is -0.381 e. The molecular weight excluding hydrogens is 491 g/mol. The van der Waals surface area contributed by atoms with Crippen LogP contribution in [0.5, 0.6) is 0 Å². The first-order chi connectivity index (χ1) is 14.2. The third-order valence-corrected chi connectivity index (χ3v) is 8.26. The molecule has 2 saturated heterocycles. The molecule has 0 amide bonds. The van der Waals surface area contributed by atoms with Crippen LogP contribution < -0.4 is 10.6 Å². The Labute approximate surface area is 200 Å². The second kappa shape index (κ2) is 11.1. The number of nitrogens with zero attached hydrogens (tertiary/aromatic N) is 2. The summed E-state index contributed by atoms with van der Waals surface area (Å²) >= 11 is 0. The fourth-order valence-corrected chi connectivity index (χ4v) is 6.42. The lowest BCUT2D eigenvalue weighted by molar-refractivity contribution is -0.145. The van der Waals surface area contributed by atoms with E-state index in [0.717, 1.165) is 51.6 Å². The molecule has 0 aromatic heterocycles. The summed E-state index contributed by atoms with van der Waals surface area (Å²) in [6.45, 7) is 8.14. The zero-order valence-corrected chi connectivity index (χ0v) is 21.4. The van der Waals surface area contributed by atoms with Crippen LogP contribution >= 0.6 is 24.0 Å². The van der Waals surface area contributed by atoms with Gasteiger partial charge in [-0.05, 0) is 65.0 Å². The number of halogens is 1. The summed E-state index contributed by atoms with van der Waals surface area (Å²) in [6.07, 6.45) is 13.1. The van der Waals surface area contributed by atoms with Crippen molar-refractivity contribution >= 4 is 29.9 Å². The van der Waals surface area contributed by atoms with Crippen LogP contribution in [0.25, 0.3) is 0 Å². The van der Waals surface area contributed by atoms with Gasteiger partial charge in [0.2, 0.25) is 0 Å². The number of ether oxygens (including phenoxy) is 2. The predicted molar refractivity (Wildman–Crippen MR) is 133 cm³/mol. The Hall–Kier alpha value is -0.120. The SMILES string of the molecule is CCOC1CC(NC(=NC)NCC2(N3CCCC3)CCOCC2)C12CCCCC2.I. The van der Waals surface area contributed by atoms with Gasteiger partial charge in [-0.15, -0.1) is 24.0 Å². The second-order valence-corrected chi connectivity index (χ2v) is 9.63. The number of rotatable bonds is 6. The zero-order valence-electron chi connectivity index (χ0n) is 19.1. The molecule has 0 radical (unpaired) electrons. The van der Waals surface area contributed by atoms with E-state index in [1.54, 1.807) is 0 Å². The molecule has 7 heteroatoms. The first kappa shape index (κ1) is 24.5. The van der Waals surface area contributed by atoms with Gasteiger partial charge in [-0.3, -0.25) is 9.89 Å². The van der Waals surface area contributed by atoms with Gasteiger partial charge in [-0.25, -0.2) is 0 Å².